The quantitative estimate of drug-likeness (QED) is 0.656. The van der Waals surface area contributed by atoms with Crippen molar-refractivity contribution in [1.29, 1.82) is 0 Å². The monoisotopic (exact) mass is 434 g/mol. The van der Waals surface area contributed by atoms with E-state index in [0.29, 0.717) is 12.2 Å². The van der Waals surface area contributed by atoms with Crippen LogP contribution in [0.25, 0.3) is 0 Å². The molecule has 0 saturated heterocycles. The van der Waals surface area contributed by atoms with E-state index in [1.54, 1.807) is 18.2 Å². The fourth-order valence-corrected chi connectivity index (χ4v) is 2.49. The third kappa shape index (κ3) is 6.70. The van der Waals surface area contributed by atoms with Crippen LogP contribution >= 0.6 is 15.9 Å². The molecule has 1 aliphatic heterocycles. The first-order valence-corrected chi connectivity index (χ1v) is 8.84. The summed E-state index contributed by atoms with van der Waals surface area (Å²) in [6.45, 7) is 0.561. The molecule has 0 aliphatic carbocycles. The summed E-state index contributed by atoms with van der Waals surface area (Å²) in [7, 11) is 0. The topological polar surface area (TPSA) is 141 Å². The summed E-state index contributed by atoms with van der Waals surface area (Å²) in [4.78, 5) is 28.9. The van der Waals surface area contributed by atoms with Crippen LogP contribution in [0.15, 0.2) is 52.1 Å². The van der Waals surface area contributed by atoms with E-state index in [4.69, 9.17) is 21.3 Å². The third-order valence-corrected chi connectivity index (χ3v) is 4.15. The molecule has 142 valence electrons. The summed E-state index contributed by atoms with van der Waals surface area (Å²) in [5.41, 5.74) is 12.3. The van der Waals surface area contributed by atoms with E-state index in [1.807, 2.05) is 12.1 Å². The molecule has 1 amide bonds. The number of amidine groups is 1. The van der Waals surface area contributed by atoms with Crippen molar-refractivity contribution >= 4 is 33.8 Å². The molecule has 1 aromatic heterocycles. The number of aliphatic imine (C=N–C) groups is 1. The van der Waals surface area contributed by atoms with Crippen molar-refractivity contribution in [2.45, 2.75) is 18.9 Å². The predicted octanol–water partition coefficient (Wildman–Crippen LogP) is 1.97. The van der Waals surface area contributed by atoms with Crippen molar-refractivity contribution in [3.05, 3.63) is 63.9 Å². The molecule has 0 bridgehead atoms. The smallest absolute Gasteiger partial charge is 0.354 e. The normalized spacial score (nSPS) is 15.1. The molecule has 5 N–H and O–H groups in total. The molecule has 2 aromatic rings. The van der Waals surface area contributed by atoms with Gasteiger partial charge in [0.15, 0.2) is 0 Å². The minimum absolute atomic E-state index is 0.0585. The van der Waals surface area contributed by atoms with E-state index in [1.165, 1.54) is 12.3 Å². The summed E-state index contributed by atoms with van der Waals surface area (Å²) < 4.78 is 5.85. The van der Waals surface area contributed by atoms with Crippen LogP contribution in [0.5, 0.6) is 0 Å². The number of carboxylic acids is 1. The molecule has 0 saturated carbocycles. The van der Waals surface area contributed by atoms with Crippen LogP contribution in [0.1, 0.15) is 32.8 Å². The van der Waals surface area contributed by atoms with Gasteiger partial charge in [-0.1, -0.05) is 12.1 Å². The number of carbonyl (C=O) groups excluding carboxylic acids is 1. The Morgan fingerprint density at radius 2 is 1.93 bits per heavy atom. The number of pyridine rings is 1. The second-order valence-electron chi connectivity index (χ2n) is 5.70. The molecule has 9 heteroatoms. The number of hydrogen-bond acceptors (Lipinski definition) is 6. The van der Waals surface area contributed by atoms with Gasteiger partial charge in [-0.3, -0.25) is 4.79 Å². The van der Waals surface area contributed by atoms with E-state index in [9.17, 15) is 9.59 Å². The van der Waals surface area contributed by atoms with E-state index in [0.717, 1.165) is 22.9 Å². The first kappa shape index (κ1) is 20.4. The molecule has 1 aromatic carbocycles. The number of nitrogens with zero attached hydrogens (tertiary/aromatic N) is 2. The van der Waals surface area contributed by atoms with Gasteiger partial charge in [-0.2, -0.15) is 0 Å². The SMILES string of the molecule is NC(=O)c1ccc(CC[C@H]2COC(N)=N2)cc1.O=C(O)c1ccc(Br)cn1. The highest BCUT2D eigenvalue weighted by atomic mass is 79.9. The lowest BCUT2D eigenvalue weighted by molar-refractivity contribution is 0.0690. The molecule has 3 rings (SSSR count). The van der Waals surface area contributed by atoms with E-state index < -0.39 is 11.9 Å². The number of halogens is 1. The van der Waals surface area contributed by atoms with E-state index >= 15 is 0 Å². The lowest BCUT2D eigenvalue weighted by Gasteiger charge is -2.05. The molecule has 0 spiro atoms. The molecule has 0 radical (unpaired) electrons. The second kappa shape index (κ2) is 9.67. The van der Waals surface area contributed by atoms with Crippen molar-refractivity contribution in [3.8, 4) is 0 Å². The average molecular weight is 435 g/mol. The molecule has 2 heterocycles. The Labute approximate surface area is 164 Å². The fourth-order valence-electron chi connectivity index (χ4n) is 2.26. The van der Waals surface area contributed by atoms with Gasteiger partial charge in [0.1, 0.15) is 12.3 Å². The highest BCUT2D eigenvalue weighted by Crippen LogP contribution is 2.12. The first-order valence-electron chi connectivity index (χ1n) is 8.05. The predicted molar refractivity (Wildman–Crippen MR) is 104 cm³/mol. The summed E-state index contributed by atoms with van der Waals surface area (Å²) in [5.74, 6) is -1.41. The van der Waals surface area contributed by atoms with Crippen LogP contribution < -0.4 is 11.5 Å². The maximum Gasteiger partial charge on any atom is 0.354 e. The molecule has 1 atom stereocenters. The highest BCUT2D eigenvalue weighted by molar-refractivity contribution is 9.10. The maximum atomic E-state index is 10.9. The lowest BCUT2D eigenvalue weighted by Crippen LogP contribution is -2.11. The number of nitrogens with two attached hydrogens (primary N) is 2. The van der Waals surface area contributed by atoms with Crippen LogP contribution in [0.4, 0.5) is 0 Å². The average Bonchev–Trinajstić information content (AvgIpc) is 3.06. The zero-order valence-electron chi connectivity index (χ0n) is 14.3. The van der Waals surface area contributed by atoms with E-state index in [2.05, 4.69) is 25.9 Å². The number of carboxylic acid groups (broad SMARTS) is 1. The van der Waals surface area contributed by atoms with Crippen LogP contribution in [-0.2, 0) is 11.2 Å². The molecule has 0 unspecified atom stereocenters. The Balaban J connectivity index is 0.000000223. The van der Waals surface area contributed by atoms with Crippen LogP contribution in [0, 0.1) is 0 Å². The number of benzene rings is 1. The van der Waals surface area contributed by atoms with Crippen LogP contribution in [-0.4, -0.2) is 40.6 Å². The van der Waals surface area contributed by atoms with Crippen molar-refractivity contribution in [3.63, 3.8) is 0 Å². The molecular weight excluding hydrogens is 416 g/mol. The summed E-state index contributed by atoms with van der Waals surface area (Å²) in [5, 5.41) is 8.40. The lowest BCUT2D eigenvalue weighted by atomic mass is 10.0. The van der Waals surface area contributed by atoms with Crippen molar-refractivity contribution in [2.75, 3.05) is 6.61 Å². The first-order chi connectivity index (χ1) is 12.8. The van der Waals surface area contributed by atoms with Gasteiger partial charge in [0.05, 0.1) is 6.04 Å². The van der Waals surface area contributed by atoms with Gasteiger partial charge in [-0.25, -0.2) is 14.8 Å². The number of aryl methyl sites for hydroxylation is 1. The number of aromatic nitrogens is 1. The summed E-state index contributed by atoms with van der Waals surface area (Å²) in [6.07, 6.45) is 3.21. The fraction of sp³-hybridized carbons (Fsp3) is 0.222. The van der Waals surface area contributed by atoms with Crippen molar-refractivity contribution in [1.82, 2.24) is 4.98 Å². The largest absolute Gasteiger partial charge is 0.477 e. The zero-order valence-corrected chi connectivity index (χ0v) is 15.9. The Morgan fingerprint density at radius 1 is 1.22 bits per heavy atom. The second-order valence-corrected chi connectivity index (χ2v) is 6.61. The standard InChI is InChI=1S/C12H15N3O2.C6H4BrNO2/c13-11(16)9-4-1-8(2-5-9)3-6-10-7-17-12(14)15-10;7-4-1-2-5(6(9)10)8-3-4/h1-2,4-5,10H,3,6-7H2,(H2,13,16)(H2,14,15);1-3H,(H,9,10)/t10-;/m0./s1. The number of aromatic carboxylic acids is 1. The van der Waals surface area contributed by atoms with Gasteiger partial charge < -0.3 is 21.3 Å². The number of ether oxygens (including phenoxy) is 1. The number of primary amides is 1. The van der Waals surface area contributed by atoms with E-state index in [-0.39, 0.29) is 17.8 Å². The number of carbonyl (C=O) groups is 2. The number of rotatable bonds is 5. The van der Waals surface area contributed by atoms with Gasteiger partial charge in [0.25, 0.3) is 6.02 Å². The molecule has 0 fully saturated rings. The van der Waals surface area contributed by atoms with Gasteiger partial charge in [-0.05, 0) is 58.6 Å². The Morgan fingerprint density at radius 3 is 2.41 bits per heavy atom. The summed E-state index contributed by atoms with van der Waals surface area (Å²) in [6, 6.07) is 10.8. The number of amides is 1. The third-order valence-electron chi connectivity index (χ3n) is 3.68. The molecule has 1 aliphatic rings. The minimum Gasteiger partial charge on any atom is -0.477 e. The van der Waals surface area contributed by atoms with Gasteiger partial charge in [0.2, 0.25) is 5.91 Å². The van der Waals surface area contributed by atoms with Crippen LogP contribution in [0.2, 0.25) is 0 Å². The van der Waals surface area contributed by atoms with Crippen molar-refractivity contribution < 1.29 is 19.4 Å². The zero-order chi connectivity index (χ0) is 19.8. The molecular formula is C18H19BrN4O4. The number of hydrogen-bond donors (Lipinski definition) is 3. The van der Waals surface area contributed by atoms with Gasteiger partial charge in [-0.15, -0.1) is 0 Å². The van der Waals surface area contributed by atoms with Crippen molar-refractivity contribution in [2.24, 2.45) is 16.5 Å². The van der Waals surface area contributed by atoms with Gasteiger partial charge in [0, 0.05) is 16.2 Å². The van der Waals surface area contributed by atoms with Gasteiger partial charge >= 0.3 is 5.97 Å². The van der Waals surface area contributed by atoms with Crippen LogP contribution in [0.3, 0.4) is 0 Å². The Kier molecular flexibility index (Phi) is 7.30. The summed E-state index contributed by atoms with van der Waals surface area (Å²) >= 11 is 3.14. The minimum atomic E-state index is -1.01. The highest BCUT2D eigenvalue weighted by Gasteiger charge is 2.16. The maximum absolute atomic E-state index is 10.9. The molecule has 8 nitrogen and oxygen atoms in total. The Hall–Kier alpha value is -2.94. The molecule has 27 heavy (non-hydrogen) atoms. The Bertz CT molecular complexity index is 822.